The molecule has 7 rings (SSSR count). The van der Waals surface area contributed by atoms with Crippen LogP contribution in [0.4, 0.5) is 5.82 Å². The van der Waals surface area contributed by atoms with Gasteiger partial charge in [0.1, 0.15) is 17.9 Å². The number of hydrogen-bond acceptors (Lipinski definition) is 8. The third kappa shape index (κ3) is 4.81. The Morgan fingerprint density at radius 3 is 2.46 bits per heavy atom. The summed E-state index contributed by atoms with van der Waals surface area (Å²) in [5.74, 6) is 1.20. The number of aromatic nitrogens is 4. The van der Waals surface area contributed by atoms with Gasteiger partial charge in [0.05, 0.1) is 5.69 Å². The van der Waals surface area contributed by atoms with Crippen LogP contribution < -0.4 is 20.5 Å². The molecule has 41 heavy (non-hydrogen) atoms. The van der Waals surface area contributed by atoms with Gasteiger partial charge >= 0.3 is 6.01 Å². The first-order valence-electron chi connectivity index (χ1n) is 14.3. The van der Waals surface area contributed by atoms with Crippen molar-refractivity contribution in [2.24, 2.45) is 0 Å². The van der Waals surface area contributed by atoms with Crippen molar-refractivity contribution < 1.29 is 4.74 Å². The molecule has 2 aliphatic rings. The molecule has 208 valence electrons. The predicted molar refractivity (Wildman–Crippen MR) is 162 cm³/mol. The van der Waals surface area contributed by atoms with Crippen LogP contribution in [-0.2, 0) is 0 Å². The lowest BCUT2D eigenvalue weighted by Crippen LogP contribution is -2.44. The summed E-state index contributed by atoms with van der Waals surface area (Å²) in [4.78, 5) is 33.9. The van der Waals surface area contributed by atoms with E-state index in [-0.39, 0.29) is 17.1 Å². The Morgan fingerprint density at radius 1 is 0.878 bits per heavy atom. The number of anilines is 1. The highest BCUT2D eigenvalue weighted by Crippen LogP contribution is 2.30. The van der Waals surface area contributed by atoms with Gasteiger partial charge in [-0.15, -0.1) is 0 Å². The number of benzene rings is 3. The van der Waals surface area contributed by atoms with Gasteiger partial charge in [0.2, 0.25) is 0 Å². The molecular weight excluding hydrogens is 514 g/mol. The lowest BCUT2D eigenvalue weighted by atomic mass is 10.1. The van der Waals surface area contributed by atoms with Crippen LogP contribution in [0.15, 0.2) is 77.6 Å². The Hall–Kier alpha value is -4.34. The SMILES string of the molecule is CN1CCC[C@H]1COc1nc(N2CCNCC2)c2nc(-c3ccccc3)n(-c3cccc4ccccc34)c(=O)c2n1. The van der Waals surface area contributed by atoms with Gasteiger partial charge in [0, 0.05) is 43.2 Å². The maximum absolute atomic E-state index is 14.6. The molecular formula is C32H33N7O2. The summed E-state index contributed by atoms with van der Waals surface area (Å²) in [5, 5.41) is 5.41. The Labute approximate surface area is 238 Å². The van der Waals surface area contributed by atoms with E-state index in [4.69, 9.17) is 19.7 Å². The first kappa shape index (κ1) is 25.6. The molecule has 5 aromatic rings. The van der Waals surface area contributed by atoms with Gasteiger partial charge in [0.25, 0.3) is 5.56 Å². The minimum atomic E-state index is -0.244. The molecule has 2 aromatic heterocycles. The normalized spacial score (nSPS) is 17.9. The minimum absolute atomic E-state index is 0.224. The largest absolute Gasteiger partial charge is 0.462 e. The lowest BCUT2D eigenvalue weighted by Gasteiger charge is -2.29. The Kier molecular flexibility index (Phi) is 6.82. The van der Waals surface area contributed by atoms with Crippen LogP contribution in [0.2, 0.25) is 0 Å². The molecule has 2 fully saturated rings. The molecule has 0 spiro atoms. The highest BCUT2D eigenvalue weighted by molar-refractivity contribution is 5.92. The molecule has 0 aliphatic carbocycles. The maximum atomic E-state index is 14.6. The van der Waals surface area contributed by atoms with Crippen LogP contribution in [0.1, 0.15) is 12.8 Å². The average molecular weight is 548 g/mol. The first-order chi connectivity index (χ1) is 20.2. The molecule has 2 aliphatic heterocycles. The number of nitrogens with zero attached hydrogens (tertiary/aromatic N) is 6. The van der Waals surface area contributed by atoms with Crippen LogP contribution in [0, 0.1) is 0 Å². The van der Waals surface area contributed by atoms with E-state index in [0.717, 1.165) is 67.6 Å². The number of piperazine rings is 1. The molecule has 9 heteroatoms. The molecule has 3 aromatic carbocycles. The molecule has 0 saturated carbocycles. The molecule has 9 nitrogen and oxygen atoms in total. The van der Waals surface area contributed by atoms with E-state index in [0.29, 0.717) is 29.8 Å². The lowest BCUT2D eigenvalue weighted by molar-refractivity contribution is 0.188. The third-order valence-corrected chi connectivity index (χ3v) is 8.21. The third-order valence-electron chi connectivity index (χ3n) is 8.21. The fraction of sp³-hybridized carbons (Fsp3) is 0.312. The second-order valence-corrected chi connectivity index (χ2v) is 10.8. The molecule has 0 bridgehead atoms. The smallest absolute Gasteiger partial charge is 0.319 e. The second kappa shape index (κ2) is 10.9. The molecule has 4 heterocycles. The first-order valence-corrected chi connectivity index (χ1v) is 14.3. The number of likely N-dealkylation sites (tertiary alicyclic amines) is 1. The zero-order chi connectivity index (χ0) is 27.8. The van der Waals surface area contributed by atoms with E-state index in [1.165, 1.54) is 0 Å². The summed E-state index contributed by atoms with van der Waals surface area (Å²) in [6.45, 7) is 4.70. The summed E-state index contributed by atoms with van der Waals surface area (Å²) in [7, 11) is 2.12. The van der Waals surface area contributed by atoms with Gasteiger partial charge < -0.3 is 19.9 Å². The zero-order valence-corrected chi connectivity index (χ0v) is 23.2. The fourth-order valence-electron chi connectivity index (χ4n) is 5.96. The molecule has 1 atom stereocenters. The van der Waals surface area contributed by atoms with Crippen LogP contribution in [0.3, 0.4) is 0 Å². The van der Waals surface area contributed by atoms with Crippen molar-refractivity contribution in [1.82, 2.24) is 29.7 Å². The predicted octanol–water partition coefficient (Wildman–Crippen LogP) is 3.88. The van der Waals surface area contributed by atoms with Crippen LogP contribution in [-0.4, -0.2) is 76.8 Å². The van der Waals surface area contributed by atoms with Crippen LogP contribution in [0.25, 0.3) is 38.9 Å². The fourth-order valence-corrected chi connectivity index (χ4v) is 5.96. The molecule has 0 radical (unpaired) electrons. The number of hydrogen-bond donors (Lipinski definition) is 1. The van der Waals surface area contributed by atoms with Gasteiger partial charge in [-0.1, -0.05) is 66.7 Å². The minimum Gasteiger partial charge on any atom is -0.462 e. The highest BCUT2D eigenvalue weighted by Gasteiger charge is 2.26. The summed E-state index contributed by atoms with van der Waals surface area (Å²) in [6.07, 6.45) is 2.22. The van der Waals surface area contributed by atoms with Crippen molar-refractivity contribution >= 4 is 27.6 Å². The summed E-state index contributed by atoms with van der Waals surface area (Å²) in [5.41, 5.74) is 2.12. The van der Waals surface area contributed by atoms with Gasteiger partial charge in [0.15, 0.2) is 11.3 Å². The van der Waals surface area contributed by atoms with Crippen molar-refractivity contribution in [1.29, 1.82) is 0 Å². The molecule has 0 amide bonds. The van der Waals surface area contributed by atoms with E-state index < -0.39 is 0 Å². The van der Waals surface area contributed by atoms with Crippen molar-refractivity contribution in [3.8, 4) is 23.1 Å². The zero-order valence-electron chi connectivity index (χ0n) is 23.2. The van der Waals surface area contributed by atoms with Gasteiger partial charge in [-0.05, 0) is 37.9 Å². The van der Waals surface area contributed by atoms with Crippen molar-refractivity contribution in [3.63, 3.8) is 0 Å². The number of fused-ring (bicyclic) bond motifs is 2. The van der Waals surface area contributed by atoms with E-state index in [1.54, 1.807) is 4.57 Å². The van der Waals surface area contributed by atoms with Crippen molar-refractivity contribution in [2.45, 2.75) is 18.9 Å². The quantitative estimate of drug-likeness (QED) is 0.343. The second-order valence-electron chi connectivity index (χ2n) is 10.8. The topological polar surface area (TPSA) is 88.4 Å². The number of rotatable bonds is 6. The summed E-state index contributed by atoms with van der Waals surface area (Å²) < 4.78 is 7.90. The Balaban J connectivity index is 1.47. The summed E-state index contributed by atoms with van der Waals surface area (Å²) in [6, 6.07) is 24.5. The van der Waals surface area contributed by atoms with Gasteiger partial charge in [-0.2, -0.15) is 9.97 Å². The van der Waals surface area contributed by atoms with Crippen molar-refractivity contribution in [2.75, 3.05) is 51.3 Å². The Morgan fingerprint density at radius 2 is 1.66 bits per heavy atom. The standard InChI is InChI=1S/C32H33N7O2/c1-37-18-8-13-24(37)21-41-32-35-28-27(30(36-32)38-19-16-33-17-20-38)34-29(23-10-3-2-4-11-23)39(31(28)40)26-15-7-12-22-9-5-6-14-25(22)26/h2-7,9-12,14-15,24,33H,8,13,16-21H2,1H3/t24-/m0/s1. The van der Waals surface area contributed by atoms with E-state index in [2.05, 4.69) is 34.3 Å². The van der Waals surface area contributed by atoms with E-state index >= 15 is 0 Å². The van der Waals surface area contributed by atoms with E-state index in [9.17, 15) is 4.79 Å². The maximum Gasteiger partial charge on any atom is 0.319 e. The average Bonchev–Trinajstić information content (AvgIpc) is 3.44. The van der Waals surface area contributed by atoms with Crippen LogP contribution >= 0.6 is 0 Å². The number of likely N-dealkylation sites (N-methyl/N-ethyl adjacent to an activating group) is 1. The van der Waals surface area contributed by atoms with Crippen molar-refractivity contribution in [3.05, 3.63) is 83.2 Å². The van der Waals surface area contributed by atoms with Gasteiger partial charge in [-0.25, -0.2) is 4.98 Å². The number of nitrogens with one attached hydrogen (secondary N) is 1. The Bertz CT molecular complexity index is 1760. The molecule has 0 unspecified atom stereocenters. The number of ether oxygens (including phenoxy) is 1. The molecule has 1 N–H and O–H groups in total. The van der Waals surface area contributed by atoms with Gasteiger partial charge in [-0.3, -0.25) is 9.36 Å². The van der Waals surface area contributed by atoms with Crippen LogP contribution in [0.5, 0.6) is 6.01 Å². The highest BCUT2D eigenvalue weighted by atomic mass is 16.5. The summed E-state index contributed by atoms with van der Waals surface area (Å²) >= 11 is 0. The van der Waals surface area contributed by atoms with E-state index in [1.807, 2.05) is 60.7 Å². The monoisotopic (exact) mass is 547 g/mol. The molecule has 2 saturated heterocycles.